The van der Waals surface area contributed by atoms with Gasteiger partial charge in [-0.15, -0.1) is 0 Å². The first kappa shape index (κ1) is 14.3. The third kappa shape index (κ3) is 3.00. The third-order valence-corrected chi connectivity index (χ3v) is 3.99. The van der Waals surface area contributed by atoms with E-state index in [1.807, 2.05) is 18.3 Å². The number of hydrogen-bond donors (Lipinski definition) is 2. The van der Waals surface area contributed by atoms with Gasteiger partial charge < -0.3 is 10.4 Å². The monoisotopic (exact) mass is 299 g/mol. The van der Waals surface area contributed by atoms with Gasteiger partial charge in [-0.25, -0.2) is 4.68 Å². The van der Waals surface area contributed by atoms with Crippen molar-refractivity contribution in [2.24, 2.45) is 5.92 Å². The van der Waals surface area contributed by atoms with E-state index >= 15 is 0 Å². The number of nitrogens with zero attached hydrogens (tertiary/aromatic N) is 2. The number of carboxylic acids is 1. The fourth-order valence-corrected chi connectivity index (χ4v) is 2.82. The second kappa shape index (κ2) is 6.01. The van der Waals surface area contributed by atoms with Crippen LogP contribution in [0.4, 0.5) is 0 Å². The largest absolute Gasteiger partial charge is 0.481 e. The van der Waals surface area contributed by atoms with Gasteiger partial charge in [-0.1, -0.05) is 6.07 Å². The highest BCUT2D eigenvalue weighted by Crippen LogP contribution is 2.26. The molecule has 6 heteroatoms. The minimum Gasteiger partial charge on any atom is -0.481 e. The van der Waals surface area contributed by atoms with Crippen LogP contribution in [0, 0.1) is 5.92 Å². The Labute approximate surface area is 127 Å². The summed E-state index contributed by atoms with van der Waals surface area (Å²) in [6.07, 6.45) is 5.32. The first-order valence-corrected chi connectivity index (χ1v) is 7.27. The predicted molar refractivity (Wildman–Crippen MR) is 79.8 cm³/mol. The number of carbonyl (C=O) groups is 2. The Balaban J connectivity index is 1.68. The number of hydrogen-bond acceptors (Lipinski definition) is 3. The molecule has 114 valence electrons. The molecular weight excluding hydrogens is 282 g/mol. The molecular formula is C16H17N3O3. The normalized spacial score (nSPS) is 20.7. The molecule has 1 heterocycles. The average molecular weight is 299 g/mol. The van der Waals surface area contributed by atoms with Gasteiger partial charge in [0.25, 0.3) is 5.91 Å². The van der Waals surface area contributed by atoms with E-state index < -0.39 is 5.97 Å². The molecule has 2 N–H and O–H groups in total. The number of amides is 1. The zero-order valence-electron chi connectivity index (χ0n) is 12.0. The van der Waals surface area contributed by atoms with Crippen molar-refractivity contribution < 1.29 is 14.7 Å². The Kier molecular flexibility index (Phi) is 3.91. The topological polar surface area (TPSA) is 84.2 Å². The molecule has 0 radical (unpaired) electrons. The smallest absolute Gasteiger partial charge is 0.306 e. The molecule has 1 aliphatic rings. The molecule has 1 saturated carbocycles. The van der Waals surface area contributed by atoms with E-state index in [-0.39, 0.29) is 17.9 Å². The van der Waals surface area contributed by atoms with Crippen LogP contribution in [0.2, 0.25) is 0 Å². The van der Waals surface area contributed by atoms with E-state index in [2.05, 4.69) is 10.4 Å². The minimum absolute atomic E-state index is 0.0676. The molecule has 0 saturated heterocycles. The molecule has 3 rings (SSSR count). The quantitative estimate of drug-likeness (QED) is 0.902. The van der Waals surface area contributed by atoms with Crippen molar-refractivity contribution in [1.82, 2.24) is 15.1 Å². The number of aromatic nitrogens is 2. The van der Waals surface area contributed by atoms with Crippen molar-refractivity contribution in [1.29, 1.82) is 0 Å². The van der Waals surface area contributed by atoms with Gasteiger partial charge in [0.05, 0.1) is 11.6 Å². The number of benzene rings is 1. The van der Waals surface area contributed by atoms with Crippen LogP contribution in [0.5, 0.6) is 0 Å². The van der Waals surface area contributed by atoms with E-state index in [1.54, 1.807) is 29.1 Å². The summed E-state index contributed by atoms with van der Waals surface area (Å²) < 4.78 is 1.69. The predicted octanol–water partition coefficient (Wildman–Crippen LogP) is 1.86. The Morgan fingerprint density at radius 3 is 2.82 bits per heavy atom. The molecule has 1 aliphatic carbocycles. The van der Waals surface area contributed by atoms with Crippen LogP contribution in [0.1, 0.15) is 29.6 Å². The lowest BCUT2D eigenvalue weighted by atomic mass is 10.1. The summed E-state index contributed by atoms with van der Waals surface area (Å²) in [5.41, 5.74) is 1.36. The average Bonchev–Trinajstić information content (AvgIpc) is 3.19. The second-order valence-electron chi connectivity index (χ2n) is 5.52. The Bertz CT molecular complexity index is 682. The van der Waals surface area contributed by atoms with Crippen LogP contribution >= 0.6 is 0 Å². The van der Waals surface area contributed by atoms with Crippen molar-refractivity contribution in [2.75, 3.05) is 0 Å². The molecule has 2 atom stereocenters. The number of carbonyl (C=O) groups excluding carboxylic acids is 1. The number of carboxylic acid groups (broad SMARTS) is 1. The Morgan fingerprint density at radius 1 is 1.27 bits per heavy atom. The molecule has 0 bridgehead atoms. The summed E-state index contributed by atoms with van der Waals surface area (Å²) in [5.74, 6) is -1.30. The summed E-state index contributed by atoms with van der Waals surface area (Å²) in [5, 5.41) is 16.1. The van der Waals surface area contributed by atoms with E-state index in [4.69, 9.17) is 5.11 Å². The highest BCUT2D eigenvalue weighted by Gasteiger charge is 2.30. The fourth-order valence-electron chi connectivity index (χ4n) is 2.82. The Hall–Kier alpha value is -2.63. The van der Waals surface area contributed by atoms with Gasteiger partial charge in [0.1, 0.15) is 0 Å². The lowest BCUT2D eigenvalue weighted by Crippen LogP contribution is -2.33. The van der Waals surface area contributed by atoms with Crippen LogP contribution in [0.25, 0.3) is 5.69 Å². The number of aliphatic carboxylic acids is 1. The zero-order valence-corrected chi connectivity index (χ0v) is 12.0. The van der Waals surface area contributed by atoms with Gasteiger partial charge in [0.15, 0.2) is 0 Å². The second-order valence-corrected chi connectivity index (χ2v) is 5.52. The minimum atomic E-state index is -0.780. The lowest BCUT2D eigenvalue weighted by Gasteiger charge is -2.13. The van der Waals surface area contributed by atoms with E-state index in [0.717, 1.165) is 5.69 Å². The standard InChI is InChI=1S/C16H17N3O3/c20-15(18-13-6-5-12(9-13)16(21)22)11-3-1-4-14(10-11)19-8-2-7-17-19/h1-4,7-8,10,12-13H,5-6,9H2,(H,18,20)(H,21,22)/t12-,13+/m1/s1. The van der Waals surface area contributed by atoms with Gasteiger partial charge in [0, 0.05) is 24.0 Å². The Morgan fingerprint density at radius 2 is 2.14 bits per heavy atom. The number of rotatable bonds is 4. The highest BCUT2D eigenvalue weighted by molar-refractivity contribution is 5.95. The fraction of sp³-hybridized carbons (Fsp3) is 0.312. The van der Waals surface area contributed by atoms with Gasteiger partial charge in [-0.3, -0.25) is 9.59 Å². The highest BCUT2D eigenvalue weighted by atomic mass is 16.4. The summed E-state index contributed by atoms with van der Waals surface area (Å²) >= 11 is 0. The molecule has 0 aliphatic heterocycles. The molecule has 22 heavy (non-hydrogen) atoms. The molecule has 1 amide bonds. The van der Waals surface area contributed by atoms with Crippen LogP contribution in [-0.4, -0.2) is 32.8 Å². The zero-order chi connectivity index (χ0) is 15.5. The first-order chi connectivity index (χ1) is 10.6. The lowest BCUT2D eigenvalue weighted by molar-refractivity contribution is -0.141. The van der Waals surface area contributed by atoms with E-state index in [9.17, 15) is 9.59 Å². The first-order valence-electron chi connectivity index (χ1n) is 7.27. The number of nitrogens with one attached hydrogen (secondary N) is 1. The molecule has 0 spiro atoms. The maximum Gasteiger partial charge on any atom is 0.306 e. The van der Waals surface area contributed by atoms with E-state index in [1.165, 1.54) is 0 Å². The maximum absolute atomic E-state index is 12.3. The van der Waals surface area contributed by atoms with Crippen molar-refractivity contribution in [3.63, 3.8) is 0 Å². The molecule has 0 unspecified atom stereocenters. The van der Waals surface area contributed by atoms with Crippen LogP contribution in [0.3, 0.4) is 0 Å². The van der Waals surface area contributed by atoms with Gasteiger partial charge in [-0.05, 0) is 43.5 Å². The van der Waals surface area contributed by atoms with Gasteiger partial charge >= 0.3 is 5.97 Å². The van der Waals surface area contributed by atoms with Crippen molar-refractivity contribution in [2.45, 2.75) is 25.3 Å². The van der Waals surface area contributed by atoms with Crippen LogP contribution < -0.4 is 5.32 Å². The molecule has 1 fully saturated rings. The van der Waals surface area contributed by atoms with Gasteiger partial charge in [-0.2, -0.15) is 5.10 Å². The van der Waals surface area contributed by atoms with Crippen LogP contribution in [0.15, 0.2) is 42.7 Å². The van der Waals surface area contributed by atoms with Crippen molar-refractivity contribution in [3.8, 4) is 5.69 Å². The maximum atomic E-state index is 12.3. The van der Waals surface area contributed by atoms with Gasteiger partial charge in [0.2, 0.25) is 0 Å². The third-order valence-electron chi connectivity index (χ3n) is 3.99. The van der Waals surface area contributed by atoms with Crippen LogP contribution in [-0.2, 0) is 4.79 Å². The summed E-state index contributed by atoms with van der Waals surface area (Å²) in [7, 11) is 0. The molecule has 6 nitrogen and oxygen atoms in total. The summed E-state index contributed by atoms with van der Waals surface area (Å²) in [6, 6.07) is 8.94. The molecule has 1 aromatic heterocycles. The molecule has 2 aromatic rings. The summed E-state index contributed by atoms with van der Waals surface area (Å²) in [4.78, 5) is 23.3. The summed E-state index contributed by atoms with van der Waals surface area (Å²) in [6.45, 7) is 0. The SMILES string of the molecule is O=C(N[C@H]1CC[C@@H](C(=O)O)C1)c1cccc(-n2cccn2)c1. The van der Waals surface area contributed by atoms with E-state index in [0.29, 0.717) is 24.8 Å². The van der Waals surface area contributed by atoms with Crippen molar-refractivity contribution >= 4 is 11.9 Å². The van der Waals surface area contributed by atoms with Crippen molar-refractivity contribution in [3.05, 3.63) is 48.3 Å². The molecule has 1 aromatic carbocycles.